The first-order valence-electron chi connectivity index (χ1n) is 11.4. The second-order valence-electron chi connectivity index (χ2n) is 8.38. The van der Waals surface area contributed by atoms with Gasteiger partial charge in [-0.3, -0.25) is 4.79 Å². The number of hydrogen-bond acceptors (Lipinski definition) is 5. The summed E-state index contributed by atoms with van der Waals surface area (Å²) in [6.45, 7) is 1.96. The van der Waals surface area contributed by atoms with Crippen LogP contribution in [-0.2, 0) is 6.61 Å². The number of thiazole rings is 1. The van der Waals surface area contributed by atoms with Crippen LogP contribution in [0.15, 0.2) is 47.8 Å². The minimum atomic E-state index is -0.452. The maximum atomic E-state index is 13.7. The molecule has 2 aromatic carbocycles. The molecule has 3 amide bonds. The first-order chi connectivity index (χ1) is 16.9. The number of carbonyl (C=O) groups excluding carboxylic acids is 2. The highest BCUT2D eigenvalue weighted by molar-refractivity contribution is 7.09. The number of benzene rings is 2. The average molecular weight is 517 g/mol. The molecule has 10 heteroatoms. The summed E-state index contributed by atoms with van der Waals surface area (Å²) in [5.74, 6) is -0.633. The number of carbonyl (C=O) groups is 2. The SMILES string of the molecule is Cc1ccc(NC(=O)N[C@H]2CCCC[C@H]2NC(=O)c2csc(COc3ccccc3F)n2)cc1Cl. The van der Waals surface area contributed by atoms with Crippen molar-refractivity contribution in [1.82, 2.24) is 15.6 Å². The van der Waals surface area contributed by atoms with Crippen LogP contribution in [0, 0.1) is 12.7 Å². The summed E-state index contributed by atoms with van der Waals surface area (Å²) < 4.78 is 19.2. The summed E-state index contributed by atoms with van der Waals surface area (Å²) in [5.41, 5.74) is 1.80. The van der Waals surface area contributed by atoms with Gasteiger partial charge in [-0.1, -0.05) is 42.6 Å². The van der Waals surface area contributed by atoms with Gasteiger partial charge in [0, 0.05) is 22.1 Å². The molecule has 1 saturated carbocycles. The summed E-state index contributed by atoms with van der Waals surface area (Å²) >= 11 is 7.41. The van der Waals surface area contributed by atoms with Crippen molar-refractivity contribution in [3.8, 4) is 5.75 Å². The molecule has 0 bridgehead atoms. The zero-order valence-electron chi connectivity index (χ0n) is 19.1. The lowest BCUT2D eigenvalue weighted by Crippen LogP contribution is -2.54. The largest absolute Gasteiger partial charge is 0.483 e. The van der Waals surface area contributed by atoms with Crippen LogP contribution >= 0.6 is 22.9 Å². The summed E-state index contributed by atoms with van der Waals surface area (Å²) in [5, 5.41) is 11.6. The van der Waals surface area contributed by atoms with Crippen LogP contribution < -0.4 is 20.7 Å². The number of para-hydroxylation sites is 1. The number of anilines is 1. The van der Waals surface area contributed by atoms with Gasteiger partial charge < -0.3 is 20.7 Å². The Morgan fingerprint density at radius 2 is 1.89 bits per heavy atom. The van der Waals surface area contributed by atoms with Crippen molar-refractivity contribution in [2.75, 3.05) is 5.32 Å². The molecule has 0 spiro atoms. The zero-order chi connectivity index (χ0) is 24.8. The number of rotatable bonds is 7. The Morgan fingerprint density at radius 1 is 1.14 bits per heavy atom. The van der Waals surface area contributed by atoms with Crippen molar-refractivity contribution < 1.29 is 18.7 Å². The van der Waals surface area contributed by atoms with E-state index < -0.39 is 5.82 Å². The molecule has 7 nitrogen and oxygen atoms in total. The number of ether oxygens (including phenoxy) is 1. The number of halogens is 2. The predicted molar refractivity (Wildman–Crippen MR) is 135 cm³/mol. The monoisotopic (exact) mass is 516 g/mol. The number of hydrogen-bond donors (Lipinski definition) is 3. The molecule has 2 atom stereocenters. The van der Waals surface area contributed by atoms with Crippen molar-refractivity contribution >= 4 is 40.6 Å². The van der Waals surface area contributed by atoms with Gasteiger partial charge in [-0.2, -0.15) is 0 Å². The minimum absolute atomic E-state index is 0.0652. The van der Waals surface area contributed by atoms with E-state index in [4.69, 9.17) is 16.3 Å². The molecule has 0 unspecified atom stereocenters. The van der Waals surface area contributed by atoms with Crippen LogP contribution in [0.4, 0.5) is 14.9 Å². The van der Waals surface area contributed by atoms with E-state index in [0.29, 0.717) is 15.7 Å². The van der Waals surface area contributed by atoms with Gasteiger partial charge in [0.2, 0.25) is 0 Å². The van der Waals surface area contributed by atoms with Gasteiger partial charge in [0.25, 0.3) is 5.91 Å². The normalized spacial score (nSPS) is 17.5. The van der Waals surface area contributed by atoms with Crippen molar-refractivity contribution in [2.45, 2.75) is 51.3 Å². The van der Waals surface area contributed by atoms with Crippen molar-refractivity contribution in [1.29, 1.82) is 0 Å². The molecular formula is C25H26ClFN4O3S. The smallest absolute Gasteiger partial charge is 0.319 e. The standard InChI is InChI=1S/C25H26ClFN4O3S/c1-15-10-11-16(12-17(15)26)28-25(33)31-20-8-4-3-7-19(20)30-24(32)21-14-35-23(29-21)13-34-22-9-5-2-6-18(22)27/h2,5-6,9-12,14,19-20H,3-4,7-8,13H2,1H3,(H,30,32)(H2,28,31,33)/t19-,20+/m1/s1. The van der Waals surface area contributed by atoms with Gasteiger partial charge in [0.05, 0.1) is 6.04 Å². The zero-order valence-corrected chi connectivity index (χ0v) is 20.7. The fourth-order valence-corrected chi connectivity index (χ4v) is 4.77. The van der Waals surface area contributed by atoms with Gasteiger partial charge in [0.15, 0.2) is 11.6 Å². The number of aryl methyl sites for hydroxylation is 1. The van der Waals surface area contributed by atoms with E-state index in [1.807, 2.05) is 13.0 Å². The predicted octanol–water partition coefficient (Wildman–Crippen LogP) is 5.69. The first kappa shape index (κ1) is 24.9. The van der Waals surface area contributed by atoms with Gasteiger partial charge in [-0.15, -0.1) is 11.3 Å². The summed E-state index contributed by atoms with van der Waals surface area (Å²) in [6.07, 6.45) is 3.42. The molecule has 35 heavy (non-hydrogen) atoms. The van der Waals surface area contributed by atoms with Crippen LogP contribution in [-0.4, -0.2) is 29.0 Å². The van der Waals surface area contributed by atoms with E-state index in [0.717, 1.165) is 31.2 Å². The van der Waals surface area contributed by atoms with Gasteiger partial charge in [-0.25, -0.2) is 14.2 Å². The maximum absolute atomic E-state index is 13.7. The Bertz CT molecular complexity index is 1200. The summed E-state index contributed by atoms with van der Waals surface area (Å²) in [7, 11) is 0. The third-order valence-corrected chi connectivity index (χ3v) is 7.03. The third-order valence-electron chi connectivity index (χ3n) is 5.80. The lowest BCUT2D eigenvalue weighted by Gasteiger charge is -2.32. The maximum Gasteiger partial charge on any atom is 0.319 e. The van der Waals surface area contributed by atoms with Crippen molar-refractivity contribution in [3.05, 3.63) is 74.9 Å². The molecule has 0 radical (unpaired) electrons. The molecule has 1 aliphatic rings. The molecule has 4 rings (SSSR count). The molecule has 184 valence electrons. The molecule has 0 aliphatic heterocycles. The highest BCUT2D eigenvalue weighted by Crippen LogP contribution is 2.22. The molecule has 1 aromatic heterocycles. The van der Waals surface area contributed by atoms with Crippen LogP contribution in [0.25, 0.3) is 0 Å². The Balaban J connectivity index is 1.32. The van der Waals surface area contributed by atoms with E-state index >= 15 is 0 Å². The van der Waals surface area contributed by atoms with E-state index in [1.54, 1.807) is 29.6 Å². The molecule has 1 heterocycles. The highest BCUT2D eigenvalue weighted by Gasteiger charge is 2.29. The molecule has 1 aliphatic carbocycles. The van der Waals surface area contributed by atoms with Gasteiger partial charge >= 0.3 is 6.03 Å². The lowest BCUT2D eigenvalue weighted by atomic mass is 9.90. The number of amides is 3. The van der Waals surface area contributed by atoms with Crippen LogP contribution in [0.2, 0.25) is 5.02 Å². The van der Waals surface area contributed by atoms with Crippen LogP contribution in [0.5, 0.6) is 5.75 Å². The van der Waals surface area contributed by atoms with Crippen LogP contribution in [0.1, 0.15) is 46.7 Å². The van der Waals surface area contributed by atoms with Crippen molar-refractivity contribution in [3.63, 3.8) is 0 Å². The molecule has 1 fully saturated rings. The summed E-state index contributed by atoms with van der Waals surface area (Å²) in [4.78, 5) is 29.7. The number of urea groups is 1. The number of nitrogens with zero attached hydrogens (tertiary/aromatic N) is 1. The summed E-state index contributed by atoms with van der Waals surface area (Å²) in [6, 6.07) is 10.7. The number of nitrogens with one attached hydrogen (secondary N) is 3. The molecule has 3 N–H and O–H groups in total. The lowest BCUT2D eigenvalue weighted by molar-refractivity contribution is 0.0911. The second kappa shape index (κ2) is 11.5. The first-order valence-corrected chi connectivity index (χ1v) is 12.6. The van der Waals surface area contributed by atoms with Crippen LogP contribution in [0.3, 0.4) is 0 Å². The Kier molecular flexibility index (Phi) is 8.20. The van der Waals surface area contributed by atoms with E-state index in [2.05, 4.69) is 20.9 Å². The molecular weight excluding hydrogens is 491 g/mol. The van der Waals surface area contributed by atoms with Crippen molar-refractivity contribution in [2.24, 2.45) is 0 Å². The fraction of sp³-hybridized carbons (Fsp3) is 0.320. The van der Waals surface area contributed by atoms with Gasteiger partial charge in [0.1, 0.15) is 17.3 Å². The highest BCUT2D eigenvalue weighted by atomic mass is 35.5. The second-order valence-corrected chi connectivity index (χ2v) is 9.73. The Hall–Kier alpha value is -3.17. The average Bonchev–Trinajstić information content (AvgIpc) is 3.31. The van der Waals surface area contributed by atoms with Gasteiger partial charge in [-0.05, 0) is 49.6 Å². The minimum Gasteiger partial charge on any atom is -0.483 e. The van der Waals surface area contributed by atoms with E-state index in [9.17, 15) is 14.0 Å². The Morgan fingerprint density at radius 3 is 2.63 bits per heavy atom. The third kappa shape index (κ3) is 6.70. The molecule has 3 aromatic rings. The number of aromatic nitrogens is 1. The fourth-order valence-electron chi connectivity index (χ4n) is 3.91. The Labute approximate surface area is 212 Å². The van der Waals surface area contributed by atoms with E-state index in [1.165, 1.54) is 23.5 Å². The quantitative estimate of drug-likeness (QED) is 0.376. The molecule has 0 saturated heterocycles. The topological polar surface area (TPSA) is 92.4 Å². The van der Waals surface area contributed by atoms with E-state index in [-0.39, 0.29) is 42.1 Å².